The summed E-state index contributed by atoms with van der Waals surface area (Å²) in [5, 5.41) is 0. The van der Waals surface area contributed by atoms with Crippen LogP contribution in [0.25, 0.3) is 0 Å². The Hall–Kier alpha value is -2.16. The second-order valence-electron chi connectivity index (χ2n) is 13.8. The number of nitrogens with zero attached hydrogens (tertiary/aromatic N) is 1. The van der Waals surface area contributed by atoms with Crippen molar-refractivity contribution < 1.29 is 59.2 Å². The molecular weight excluding hydrogens is 663 g/mol. The molecular formula is C35H50F7NO6. The second kappa shape index (κ2) is 16.9. The Morgan fingerprint density at radius 1 is 0.959 bits per heavy atom. The van der Waals surface area contributed by atoms with Crippen LogP contribution in [-0.4, -0.2) is 101 Å². The lowest BCUT2D eigenvalue weighted by molar-refractivity contribution is -0.384. The van der Waals surface area contributed by atoms with Gasteiger partial charge < -0.3 is 28.6 Å². The number of hydrogen-bond acceptors (Lipinski definition) is 7. The number of hydrogen-bond donors (Lipinski definition) is 0. The summed E-state index contributed by atoms with van der Waals surface area (Å²) in [6, 6.07) is 6.38. The van der Waals surface area contributed by atoms with E-state index >= 15 is 0 Å². The molecule has 0 saturated heterocycles. The number of likely N-dealkylation sites (N-methyl/N-ethyl adjacent to an activating group) is 1. The summed E-state index contributed by atoms with van der Waals surface area (Å²) >= 11 is 0. The molecule has 0 unspecified atom stereocenters. The maximum Gasteiger partial charge on any atom is 0.429 e. The van der Waals surface area contributed by atoms with Crippen LogP contribution in [0.3, 0.4) is 0 Å². The van der Waals surface area contributed by atoms with Crippen molar-refractivity contribution in [2.45, 2.75) is 95.2 Å². The fourth-order valence-electron chi connectivity index (χ4n) is 8.15. The van der Waals surface area contributed by atoms with Gasteiger partial charge in [0.05, 0.1) is 19.3 Å². The Bertz CT molecular complexity index is 1200. The normalized spacial score (nSPS) is 25.5. The second-order valence-corrected chi connectivity index (χ2v) is 13.8. The molecule has 14 heteroatoms. The minimum atomic E-state index is -5.93. The van der Waals surface area contributed by atoms with Gasteiger partial charge in [-0.2, -0.15) is 26.3 Å². The van der Waals surface area contributed by atoms with Crippen LogP contribution in [0.2, 0.25) is 0 Å². The van der Waals surface area contributed by atoms with E-state index in [1.54, 1.807) is 6.92 Å². The van der Waals surface area contributed by atoms with E-state index < -0.39 is 31.2 Å². The van der Waals surface area contributed by atoms with Crippen molar-refractivity contribution in [3.8, 4) is 5.75 Å². The van der Waals surface area contributed by atoms with Crippen molar-refractivity contribution in [3.05, 3.63) is 29.3 Å². The number of fused-ring (bicyclic) bond motifs is 5. The lowest BCUT2D eigenvalue weighted by Gasteiger charge is -2.50. The minimum absolute atomic E-state index is 0.0326. The van der Waals surface area contributed by atoms with Crippen LogP contribution >= 0.6 is 0 Å². The molecule has 1 aromatic rings. The number of rotatable bonds is 18. The third-order valence-electron chi connectivity index (χ3n) is 10.8. The van der Waals surface area contributed by atoms with E-state index in [2.05, 4.69) is 28.7 Å². The number of aryl methyl sites for hydroxylation is 1. The topological polar surface area (TPSA) is 66.5 Å². The van der Waals surface area contributed by atoms with E-state index in [0.29, 0.717) is 37.6 Å². The predicted octanol–water partition coefficient (Wildman–Crippen LogP) is 7.45. The molecule has 0 aromatic heterocycles. The smallest absolute Gasteiger partial charge is 0.429 e. The maximum absolute atomic E-state index is 13.1. The highest BCUT2D eigenvalue weighted by Gasteiger charge is 2.72. The van der Waals surface area contributed by atoms with Crippen LogP contribution < -0.4 is 4.74 Å². The van der Waals surface area contributed by atoms with Gasteiger partial charge in [-0.25, -0.2) is 9.18 Å². The lowest BCUT2D eigenvalue weighted by atomic mass is 9.55. The highest BCUT2D eigenvalue weighted by molar-refractivity contribution is 5.70. The van der Waals surface area contributed by atoms with Crippen molar-refractivity contribution in [1.29, 1.82) is 0 Å². The average molecular weight is 714 g/mol. The van der Waals surface area contributed by atoms with E-state index in [1.165, 1.54) is 11.1 Å². The molecule has 0 bridgehead atoms. The number of carbonyl (C=O) groups is 1. The SMILES string of the molecule is CCOC(=O)COCCCN(C)CCOc1ccc2c(c1)CC[C@@H]1[C@@H]2CC[C@]2(C)[C@@H](OCCCOC(CF)(C(F)(F)F)C(F)(F)F)CC[C@@H]12. The molecule has 3 aliphatic rings. The Morgan fingerprint density at radius 3 is 2.41 bits per heavy atom. The number of halogens is 7. The van der Waals surface area contributed by atoms with Crippen LogP contribution in [0.5, 0.6) is 5.75 Å². The van der Waals surface area contributed by atoms with Crippen molar-refractivity contribution in [1.82, 2.24) is 4.90 Å². The number of ether oxygens (including phenoxy) is 5. The predicted molar refractivity (Wildman–Crippen MR) is 167 cm³/mol. The zero-order valence-corrected chi connectivity index (χ0v) is 28.6. The van der Waals surface area contributed by atoms with Gasteiger partial charge in [-0.15, -0.1) is 0 Å². The molecule has 4 rings (SSSR count). The quantitative estimate of drug-likeness (QED) is 0.0890. The Labute approximate surface area is 284 Å². The standard InChI is InChI=1S/C35H50F7NO6/c1-4-46-31(44)22-45-17-5-15-43(3)16-20-47-25-8-10-26-24(21-25)7-9-28-27(26)13-14-32(2)29(28)11-12-30(32)48-18-6-19-49-33(23-36,34(37,38)39)35(40,41)42/h8,10,21,27-30H,4-7,9,11-20,22-23H2,1-3H3/t27-,28-,29+,30+,32+/m1/s1. The third-order valence-corrected chi connectivity index (χ3v) is 10.8. The zero-order valence-electron chi connectivity index (χ0n) is 28.6. The van der Waals surface area contributed by atoms with Crippen molar-refractivity contribution >= 4 is 5.97 Å². The van der Waals surface area contributed by atoms with Crippen LogP contribution in [0.15, 0.2) is 18.2 Å². The molecule has 0 N–H and O–H groups in total. The zero-order chi connectivity index (χ0) is 35.9. The molecule has 5 atom stereocenters. The molecule has 0 spiro atoms. The monoisotopic (exact) mass is 713 g/mol. The van der Waals surface area contributed by atoms with Crippen molar-refractivity contribution in [3.63, 3.8) is 0 Å². The molecule has 49 heavy (non-hydrogen) atoms. The number of esters is 1. The number of carbonyl (C=O) groups excluding carboxylic acids is 1. The molecule has 0 radical (unpaired) electrons. The van der Waals surface area contributed by atoms with Crippen LogP contribution in [-0.2, 0) is 30.2 Å². The molecule has 0 heterocycles. The van der Waals surface area contributed by atoms with Gasteiger partial charge in [-0.1, -0.05) is 13.0 Å². The summed E-state index contributed by atoms with van der Waals surface area (Å²) in [6.45, 7) is 3.12. The van der Waals surface area contributed by atoms with Gasteiger partial charge in [0.2, 0.25) is 0 Å². The molecule has 0 aliphatic heterocycles. The van der Waals surface area contributed by atoms with Gasteiger partial charge in [0.1, 0.15) is 25.6 Å². The maximum atomic E-state index is 13.1. The molecule has 2 saturated carbocycles. The molecule has 0 amide bonds. The Kier molecular flexibility index (Phi) is 13.7. The van der Waals surface area contributed by atoms with E-state index in [1.807, 2.05) is 13.1 Å². The summed E-state index contributed by atoms with van der Waals surface area (Å²) < 4.78 is 118. The minimum Gasteiger partial charge on any atom is -0.492 e. The fourth-order valence-corrected chi connectivity index (χ4v) is 8.15. The first-order chi connectivity index (χ1) is 23.2. The van der Waals surface area contributed by atoms with Crippen LogP contribution in [0, 0.1) is 17.3 Å². The first kappa shape index (κ1) is 39.6. The van der Waals surface area contributed by atoms with E-state index in [9.17, 15) is 35.5 Å². The largest absolute Gasteiger partial charge is 0.492 e. The summed E-state index contributed by atoms with van der Waals surface area (Å²) in [7, 11) is 2.01. The number of alkyl halides is 7. The molecule has 3 aliphatic carbocycles. The van der Waals surface area contributed by atoms with Gasteiger partial charge in [0, 0.05) is 26.3 Å². The summed E-state index contributed by atoms with van der Waals surface area (Å²) in [4.78, 5) is 13.5. The lowest BCUT2D eigenvalue weighted by Crippen LogP contribution is -2.60. The highest BCUT2D eigenvalue weighted by atomic mass is 19.4. The molecule has 280 valence electrons. The summed E-state index contributed by atoms with van der Waals surface area (Å²) in [5.41, 5.74) is -2.29. The first-order valence-electron chi connectivity index (χ1n) is 17.3. The van der Waals surface area contributed by atoms with E-state index in [-0.39, 0.29) is 37.1 Å². The molecule has 2 fully saturated rings. The third kappa shape index (κ3) is 9.20. The Balaban J connectivity index is 1.21. The summed E-state index contributed by atoms with van der Waals surface area (Å²) in [5.74, 6) is 1.77. The number of benzene rings is 1. The molecule has 7 nitrogen and oxygen atoms in total. The van der Waals surface area contributed by atoms with Gasteiger partial charge in [-0.05, 0) is 112 Å². The molecule has 1 aromatic carbocycles. The Morgan fingerprint density at radius 2 is 1.71 bits per heavy atom. The van der Waals surface area contributed by atoms with Crippen LogP contribution in [0.4, 0.5) is 30.7 Å². The average Bonchev–Trinajstić information content (AvgIpc) is 3.37. The van der Waals surface area contributed by atoms with Gasteiger partial charge >= 0.3 is 18.3 Å². The van der Waals surface area contributed by atoms with Crippen molar-refractivity contribution in [2.24, 2.45) is 17.3 Å². The van der Waals surface area contributed by atoms with Crippen molar-refractivity contribution in [2.75, 3.05) is 66.5 Å². The van der Waals surface area contributed by atoms with E-state index in [0.717, 1.165) is 63.8 Å². The summed E-state index contributed by atoms with van der Waals surface area (Å²) in [6.07, 6.45) is -5.86. The van der Waals surface area contributed by atoms with Gasteiger partial charge in [0.15, 0.2) is 0 Å². The van der Waals surface area contributed by atoms with Gasteiger partial charge in [0.25, 0.3) is 5.60 Å². The van der Waals surface area contributed by atoms with Gasteiger partial charge in [-0.3, -0.25) is 0 Å². The fraction of sp³-hybridized carbons (Fsp3) is 0.800. The first-order valence-corrected chi connectivity index (χ1v) is 17.3. The van der Waals surface area contributed by atoms with Crippen LogP contribution in [0.1, 0.15) is 75.8 Å². The van der Waals surface area contributed by atoms with E-state index in [4.69, 9.17) is 18.9 Å². The highest BCUT2D eigenvalue weighted by Crippen LogP contribution is 2.61.